The van der Waals surface area contributed by atoms with Crippen LogP contribution in [0.3, 0.4) is 0 Å². The standard InChI is InChI=1S/C21H36F2/c1-4-15(2)5-6-16(3)17-7-9-18(10-8-17)19-11-13-20(14-12-19)21(22)23/h9,15-17,19-21H,4-8,10-14H2,1-3H3. The first-order valence-corrected chi connectivity index (χ1v) is 9.98. The summed E-state index contributed by atoms with van der Waals surface area (Å²) in [5.74, 6) is 2.82. The molecule has 0 saturated heterocycles. The van der Waals surface area contributed by atoms with Crippen LogP contribution >= 0.6 is 0 Å². The lowest BCUT2D eigenvalue weighted by molar-refractivity contribution is 0.0492. The number of hydrogen-bond donors (Lipinski definition) is 0. The minimum atomic E-state index is -2.10. The van der Waals surface area contributed by atoms with E-state index in [-0.39, 0.29) is 5.92 Å². The lowest BCUT2D eigenvalue weighted by Gasteiger charge is -2.34. The molecule has 134 valence electrons. The topological polar surface area (TPSA) is 0 Å². The summed E-state index contributed by atoms with van der Waals surface area (Å²) in [6, 6.07) is 0. The Balaban J connectivity index is 1.75. The van der Waals surface area contributed by atoms with E-state index in [1.807, 2.05) is 0 Å². The smallest absolute Gasteiger partial charge is 0.210 e. The van der Waals surface area contributed by atoms with E-state index < -0.39 is 6.43 Å². The van der Waals surface area contributed by atoms with Gasteiger partial charge in [0.2, 0.25) is 6.43 Å². The summed E-state index contributed by atoms with van der Waals surface area (Å²) in [7, 11) is 0. The van der Waals surface area contributed by atoms with Crippen LogP contribution in [0, 0.1) is 29.6 Å². The predicted molar refractivity (Wildman–Crippen MR) is 94.7 cm³/mol. The van der Waals surface area contributed by atoms with Gasteiger partial charge in [0.25, 0.3) is 0 Å². The molecule has 0 aliphatic heterocycles. The fourth-order valence-corrected chi connectivity index (χ4v) is 4.49. The maximum absolute atomic E-state index is 12.8. The summed E-state index contributed by atoms with van der Waals surface area (Å²) in [6.45, 7) is 7.08. The van der Waals surface area contributed by atoms with Crippen LogP contribution in [0.1, 0.15) is 85.0 Å². The Morgan fingerprint density at radius 3 is 2.22 bits per heavy atom. The lowest BCUT2D eigenvalue weighted by Crippen LogP contribution is -2.23. The van der Waals surface area contributed by atoms with Crippen molar-refractivity contribution in [3.63, 3.8) is 0 Å². The number of alkyl halides is 2. The number of halogens is 2. The second-order valence-electron chi connectivity index (χ2n) is 8.33. The number of rotatable bonds is 7. The number of allylic oxidation sites excluding steroid dienone is 2. The summed E-state index contributed by atoms with van der Waals surface area (Å²) in [5, 5.41) is 0. The molecule has 0 bridgehead atoms. The van der Waals surface area contributed by atoms with Gasteiger partial charge in [-0.15, -0.1) is 0 Å². The highest BCUT2D eigenvalue weighted by Crippen LogP contribution is 2.41. The van der Waals surface area contributed by atoms with E-state index in [1.165, 1.54) is 38.5 Å². The third-order valence-corrected chi connectivity index (χ3v) is 6.76. The van der Waals surface area contributed by atoms with Gasteiger partial charge in [0.1, 0.15) is 0 Å². The second-order valence-corrected chi connectivity index (χ2v) is 8.33. The number of hydrogen-bond acceptors (Lipinski definition) is 0. The fourth-order valence-electron chi connectivity index (χ4n) is 4.49. The molecule has 3 atom stereocenters. The van der Waals surface area contributed by atoms with Gasteiger partial charge in [-0.3, -0.25) is 0 Å². The van der Waals surface area contributed by atoms with Gasteiger partial charge in [-0.2, -0.15) is 0 Å². The Morgan fingerprint density at radius 2 is 1.70 bits per heavy atom. The van der Waals surface area contributed by atoms with Crippen molar-refractivity contribution in [3.05, 3.63) is 11.6 Å². The third kappa shape index (κ3) is 5.57. The molecule has 0 aromatic carbocycles. The van der Waals surface area contributed by atoms with Gasteiger partial charge >= 0.3 is 0 Å². The molecular formula is C21H36F2. The van der Waals surface area contributed by atoms with Gasteiger partial charge in [0.15, 0.2) is 0 Å². The Labute approximate surface area is 142 Å². The van der Waals surface area contributed by atoms with Crippen LogP contribution < -0.4 is 0 Å². The van der Waals surface area contributed by atoms with E-state index in [0.717, 1.165) is 43.4 Å². The molecule has 0 radical (unpaired) electrons. The van der Waals surface area contributed by atoms with Crippen molar-refractivity contribution in [1.29, 1.82) is 0 Å². The fraction of sp³-hybridized carbons (Fsp3) is 0.905. The van der Waals surface area contributed by atoms with Gasteiger partial charge < -0.3 is 0 Å². The Bertz CT molecular complexity index is 366. The quantitative estimate of drug-likeness (QED) is 0.432. The van der Waals surface area contributed by atoms with Crippen LogP contribution in [0.2, 0.25) is 0 Å². The van der Waals surface area contributed by atoms with Gasteiger partial charge in [0.05, 0.1) is 0 Å². The Kier molecular flexibility index (Phi) is 7.56. The lowest BCUT2D eigenvalue weighted by atomic mass is 9.72. The summed E-state index contributed by atoms with van der Waals surface area (Å²) >= 11 is 0. The van der Waals surface area contributed by atoms with Crippen LogP contribution in [0.5, 0.6) is 0 Å². The first-order valence-electron chi connectivity index (χ1n) is 9.98. The predicted octanol–water partition coefficient (Wildman–Crippen LogP) is 7.25. The summed E-state index contributed by atoms with van der Waals surface area (Å²) in [4.78, 5) is 0. The molecule has 0 nitrogen and oxygen atoms in total. The molecule has 1 fully saturated rings. The average Bonchev–Trinajstić information content (AvgIpc) is 2.59. The Hall–Kier alpha value is -0.400. The van der Waals surface area contributed by atoms with Crippen molar-refractivity contribution >= 4 is 0 Å². The molecule has 23 heavy (non-hydrogen) atoms. The highest BCUT2D eigenvalue weighted by molar-refractivity contribution is 5.12. The largest absolute Gasteiger partial charge is 0.241 e. The molecule has 1 saturated carbocycles. The minimum Gasteiger partial charge on any atom is -0.210 e. The zero-order valence-corrected chi connectivity index (χ0v) is 15.4. The van der Waals surface area contributed by atoms with E-state index in [9.17, 15) is 8.78 Å². The second kappa shape index (κ2) is 9.18. The third-order valence-electron chi connectivity index (χ3n) is 6.76. The van der Waals surface area contributed by atoms with E-state index in [0.29, 0.717) is 5.92 Å². The van der Waals surface area contributed by atoms with Crippen molar-refractivity contribution in [1.82, 2.24) is 0 Å². The monoisotopic (exact) mass is 326 g/mol. The van der Waals surface area contributed by atoms with Gasteiger partial charge in [-0.1, -0.05) is 51.7 Å². The molecule has 2 heteroatoms. The molecule has 0 heterocycles. The van der Waals surface area contributed by atoms with Crippen molar-refractivity contribution < 1.29 is 8.78 Å². The maximum atomic E-state index is 12.8. The van der Waals surface area contributed by atoms with Crippen LogP contribution in [0.25, 0.3) is 0 Å². The molecule has 0 aromatic heterocycles. The van der Waals surface area contributed by atoms with E-state index >= 15 is 0 Å². The first kappa shape index (κ1) is 18.9. The van der Waals surface area contributed by atoms with Gasteiger partial charge in [-0.05, 0) is 68.6 Å². The van der Waals surface area contributed by atoms with Crippen LogP contribution in [-0.2, 0) is 0 Å². The van der Waals surface area contributed by atoms with Crippen molar-refractivity contribution in [2.75, 3.05) is 0 Å². The van der Waals surface area contributed by atoms with Crippen LogP contribution in [0.4, 0.5) is 8.78 Å². The maximum Gasteiger partial charge on any atom is 0.241 e. The molecule has 0 aromatic rings. The molecular weight excluding hydrogens is 290 g/mol. The molecule has 2 aliphatic rings. The molecule has 3 unspecified atom stereocenters. The summed E-state index contributed by atoms with van der Waals surface area (Å²) in [6.07, 6.45) is 11.6. The zero-order chi connectivity index (χ0) is 16.8. The van der Waals surface area contributed by atoms with E-state index in [2.05, 4.69) is 26.8 Å². The first-order chi connectivity index (χ1) is 11.0. The van der Waals surface area contributed by atoms with Gasteiger partial charge in [0, 0.05) is 5.92 Å². The Morgan fingerprint density at radius 1 is 1.00 bits per heavy atom. The van der Waals surface area contributed by atoms with Crippen LogP contribution in [-0.4, -0.2) is 6.43 Å². The van der Waals surface area contributed by atoms with E-state index in [4.69, 9.17) is 0 Å². The zero-order valence-electron chi connectivity index (χ0n) is 15.4. The summed E-state index contributed by atoms with van der Waals surface area (Å²) < 4.78 is 25.5. The molecule has 0 amide bonds. The van der Waals surface area contributed by atoms with Crippen molar-refractivity contribution in [2.45, 2.75) is 91.4 Å². The van der Waals surface area contributed by atoms with Crippen molar-refractivity contribution in [2.24, 2.45) is 29.6 Å². The highest BCUT2D eigenvalue weighted by Gasteiger charge is 2.30. The summed E-state index contributed by atoms with van der Waals surface area (Å²) in [5.41, 5.74) is 1.60. The van der Waals surface area contributed by atoms with Gasteiger partial charge in [-0.25, -0.2) is 8.78 Å². The average molecular weight is 327 g/mol. The van der Waals surface area contributed by atoms with E-state index in [1.54, 1.807) is 5.57 Å². The highest BCUT2D eigenvalue weighted by atomic mass is 19.3. The normalized spacial score (nSPS) is 31.7. The molecule has 2 aliphatic carbocycles. The molecule has 0 spiro atoms. The molecule has 2 rings (SSSR count). The van der Waals surface area contributed by atoms with Crippen molar-refractivity contribution in [3.8, 4) is 0 Å². The SMILES string of the molecule is CCC(C)CCC(C)C1CC=C(C2CCC(C(F)F)CC2)CC1. The molecule has 0 N–H and O–H groups in total. The minimum absolute atomic E-state index is 0.330. The van der Waals surface area contributed by atoms with Crippen LogP contribution in [0.15, 0.2) is 11.6 Å².